The molecule has 2 rings (SSSR count). The molecule has 2 heterocycles. The second kappa shape index (κ2) is 3.82. The zero-order valence-electron chi connectivity index (χ0n) is 7.64. The summed E-state index contributed by atoms with van der Waals surface area (Å²) in [4.78, 5) is 14.2. The number of hydrogen-bond donors (Lipinski definition) is 1. The lowest BCUT2D eigenvalue weighted by atomic mass is 10.2. The molecule has 0 radical (unpaired) electrons. The average Bonchev–Trinajstić information content (AvgIpc) is 2.13. The fraction of sp³-hybridized carbons (Fsp3) is 0.333. The predicted molar refractivity (Wildman–Crippen MR) is 46.4 cm³/mol. The zero-order chi connectivity index (χ0) is 10.8. The molecule has 0 amide bonds. The number of aromatic carboxylic acids is 1. The maximum absolute atomic E-state index is 13.4. The molecule has 1 N–H and O–H groups in total. The van der Waals surface area contributed by atoms with E-state index in [0.29, 0.717) is 13.2 Å². The van der Waals surface area contributed by atoms with Gasteiger partial charge in [0.2, 0.25) is 0 Å². The Morgan fingerprint density at radius 1 is 1.67 bits per heavy atom. The molecule has 1 aliphatic rings. The van der Waals surface area contributed by atoms with Crippen molar-refractivity contribution in [3.63, 3.8) is 0 Å². The largest absolute Gasteiger partial charge is 0.478 e. The van der Waals surface area contributed by atoms with Gasteiger partial charge in [0.05, 0.1) is 13.2 Å². The third-order valence-corrected chi connectivity index (χ3v) is 1.97. The minimum atomic E-state index is -1.34. The number of rotatable bonds is 3. The van der Waals surface area contributed by atoms with Gasteiger partial charge in [-0.05, 0) is 6.07 Å². The van der Waals surface area contributed by atoms with E-state index in [9.17, 15) is 9.18 Å². The van der Waals surface area contributed by atoms with Gasteiger partial charge in [0.1, 0.15) is 11.7 Å². The molecule has 0 bridgehead atoms. The van der Waals surface area contributed by atoms with Crippen molar-refractivity contribution >= 4 is 5.97 Å². The Morgan fingerprint density at radius 2 is 2.40 bits per heavy atom. The smallest absolute Gasteiger partial charge is 0.338 e. The number of aromatic nitrogens is 1. The van der Waals surface area contributed by atoms with Gasteiger partial charge < -0.3 is 14.6 Å². The highest BCUT2D eigenvalue weighted by atomic mass is 19.1. The fourth-order valence-electron chi connectivity index (χ4n) is 1.11. The molecule has 5 nitrogen and oxygen atoms in total. The predicted octanol–water partition coefficient (Wildman–Crippen LogP) is 0.696. The molecule has 15 heavy (non-hydrogen) atoms. The van der Waals surface area contributed by atoms with Crippen molar-refractivity contribution in [1.29, 1.82) is 0 Å². The maximum atomic E-state index is 13.4. The summed E-state index contributed by atoms with van der Waals surface area (Å²) in [5.41, 5.74) is -0.444. The average molecular weight is 213 g/mol. The summed E-state index contributed by atoms with van der Waals surface area (Å²) in [5, 5.41) is 8.65. The Kier molecular flexibility index (Phi) is 2.51. The van der Waals surface area contributed by atoms with Crippen molar-refractivity contribution < 1.29 is 23.8 Å². The molecule has 0 saturated carbocycles. The van der Waals surface area contributed by atoms with Crippen LogP contribution in [0, 0.1) is 5.82 Å². The van der Waals surface area contributed by atoms with Crippen LogP contribution >= 0.6 is 0 Å². The quantitative estimate of drug-likeness (QED) is 0.800. The number of hydrogen-bond acceptors (Lipinski definition) is 4. The van der Waals surface area contributed by atoms with Gasteiger partial charge >= 0.3 is 5.97 Å². The van der Waals surface area contributed by atoms with Crippen LogP contribution < -0.4 is 4.74 Å². The third kappa shape index (κ3) is 1.89. The molecule has 0 aromatic carbocycles. The van der Waals surface area contributed by atoms with E-state index in [1.165, 1.54) is 6.20 Å². The Hall–Kier alpha value is -1.69. The lowest BCUT2D eigenvalue weighted by Gasteiger charge is -2.26. The summed E-state index contributed by atoms with van der Waals surface area (Å²) in [7, 11) is 0. The van der Waals surface area contributed by atoms with E-state index in [2.05, 4.69) is 4.98 Å². The molecule has 0 atom stereocenters. The van der Waals surface area contributed by atoms with Crippen molar-refractivity contribution in [2.45, 2.75) is 6.10 Å². The molecule has 6 heteroatoms. The minimum Gasteiger partial charge on any atom is -0.478 e. The first kappa shape index (κ1) is 9.85. The molecule has 1 fully saturated rings. The molecule has 1 aliphatic heterocycles. The second-order valence-electron chi connectivity index (χ2n) is 3.06. The second-order valence-corrected chi connectivity index (χ2v) is 3.06. The Labute approximate surface area is 84.5 Å². The van der Waals surface area contributed by atoms with E-state index < -0.39 is 17.3 Å². The minimum absolute atomic E-state index is 0.240. The number of carboxylic acid groups (broad SMARTS) is 1. The summed E-state index contributed by atoms with van der Waals surface area (Å²) in [6, 6.07) is 1.09. The number of carboxylic acids is 1. The third-order valence-electron chi connectivity index (χ3n) is 1.97. The van der Waals surface area contributed by atoms with Crippen LogP contribution in [0.5, 0.6) is 5.88 Å². The molecule has 0 unspecified atom stereocenters. The molecule has 1 saturated heterocycles. The SMILES string of the molecule is O=C(O)c1ccnc(OC2COC2)c1F. The van der Waals surface area contributed by atoms with Gasteiger partial charge in [-0.2, -0.15) is 0 Å². The van der Waals surface area contributed by atoms with Crippen LogP contribution in [0.2, 0.25) is 0 Å². The first-order valence-electron chi connectivity index (χ1n) is 4.30. The van der Waals surface area contributed by atoms with Gasteiger partial charge in [-0.25, -0.2) is 14.2 Å². The summed E-state index contributed by atoms with van der Waals surface area (Å²) in [6.07, 6.45) is 0.956. The van der Waals surface area contributed by atoms with Gasteiger partial charge in [0.15, 0.2) is 5.82 Å². The van der Waals surface area contributed by atoms with Crippen molar-refractivity contribution in [3.05, 3.63) is 23.6 Å². The van der Waals surface area contributed by atoms with Gasteiger partial charge in [0.25, 0.3) is 5.88 Å². The summed E-state index contributed by atoms with van der Waals surface area (Å²) in [6.45, 7) is 0.747. The standard InChI is InChI=1S/C9H8FNO4/c10-7-6(9(12)13)1-2-11-8(7)15-5-3-14-4-5/h1-2,5H,3-4H2,(H,12,13). The van der Waals surface area contributed by atoms with Crippen LogP contribution in [0.15, 0.2) is 12.3 Å². The number of carbonyl (C=O) groups is 1. The number of ether oxygens (including phenoxy) is 2. The fourth-order valence-corrected chi connectivity index (χ4v) is 1.11. The van der Waals surface area contributed by atoms with Crippen LogP contribution in [0.1, 0.15) is 10.4 Å². The maximum Gasteiger partial charge on any atom is 0.338 e. The van der Waals surface area contributed by atoms with E-state index >= 15 is 0 Å². The highest BCUT2D eigenvalue weighted by Gasteiger charge is 2.24. The molecular weight excluding hydrogens is 205 g/mol. The van der Waals surface area contributed by atoms with E-state index in [-0.39, 0.29) is 12.0 Å². The number of halogens is 1. The van der Waals surface area contributed by atoms with Gasteiger partial charge in [-0.1, -0.05) is 0 Å². The highest BCUT2D eigenvalue weighted by Crippen LogP contribution is 2.20. The summed E-state index contributed by atoms with van der Waals surface area (Å²) in [5.74, 6) is -2.58. The Balaban J connectivity index is 2.22. The first-order valence-corrected chi connectivity index (χ1v) is 4.30. The Bertz CT molecular complexity index is 392. The number of nitrogens with zero attached hydrogens (tertiary/aromatic N) is 1. The van der Waals surface area contributed by atoms with Gasteiger partial charge in [-0.15, -0.1) is 0 Å². The normalized spacial score (nSPS) is 15.8. The molecule has 1 aromatic rings. The van der Waals surface area contributed by atoms with Crippen LogP contribution in [-0.4, -0.2) is 35.4 Å². The summed E-state index contributed by atoms with van der Waals surface area (Å²) < 4.78 is 23.4. The van der Waals surface area contributed by atoms with Gasteiger partial charge in [0, 0.05) is 6.20 Å². The highest BCUT2D eigenvalue weighted by molar-refractivity contribution is 5.88. The number of pyridine rings is 1. The lowest BCUT2D eigenvalue weighted by Crippen LogP contribution is -2.39. The van der Waals surface area contributed by atoms with E-state index in [1.54, 1.807) is 0 Å². The first-order chi connectivity index (χ1) is 7.18. The van der Waals surface area contributed by atoms with Crippen molar-refractivity contribution in [3.8, 4) is 5.88 Å². The molecule has 1 aromatic heterocycles. The monoisotopic (exact) mass is 213 g/mol. The van der Waals surface area contributed by atoms with Gasteiger partial charge in [-0.3, -0.25) is 0 Å². The topological polar surface area (TPSA) is 68.7 Å². The van der Waals surface area contributed by atoms with Crippen LogP contribution in [0.4, 0.5) is 4.39 Å². The van der Waals surface area contributed by atoms with E-state index in [1.807, 2.05) is 0 Å². The van der Waals surface area contributed by atoms with Crippen LogP contribution in [-0.2, 0) is 4.74 Å². The van der Waals surface area contributed by atoms with Crippen LogP contribution in [0.3, 0.4) is 0 Å². The van der Waals surface area contributed by atoms with Crippen molar-refractivity contribution in [2.75, 3.05) is 13.2 Å². The van der Waals surface area contributed by atoms with E-state index in [0.717, 1.165) is 6.07 Å². The van der Waals surface area contributed by atoms with E-state index in [4.69, 9.17) is 14.6 Å². The Morgan fingerprint density at radius 3 is 2.93 bits per heavy atom. The molecular formula is C9H8FNO4. The molecule has 0 spiro atoms. The van der Waals surface area contributed by atoms with Crippen molar-refractivity contribution in [2.24, 2.45) is 0 Å². The lowest BCUT2D eigenvalue weighted by molar-refractivity contribution is -0.0826. The van der Waals surface area contributed by atoms with Crippen LogP contribution in [0.25, 0.3) is 0 Å². The molecule has 0 aliphatic carbocycles. The zero-order valence-corrected chi connectivity index (χ0v) is 7.64. The van der Waals surface area contributed by atoms with Crippen molar-refractivity contribution in [1.82, 2.24) is 4.98 Å². The summed E-state index contributed by atoms with van der Waals surface area (Å²) >= 11 is 0. The molecule has 80 valence electrons.